The third kappa shape index (κ3) is 3.48. The molecule has 0 aliphatic carbocycles. The molecule has 0 saturated heterocycles. The first-order valence-electron chi connectivity index (χ1n) is 8.58. The number of aromatic nitrogens is 4. The van der Waals surface area contributed by atoms with Gasteiger partial charge in [-0.2, -0.15) is 5.10 Å². The van der Waals surface area contributed by atoms with Crippen molar-refractivity contribution in [2.45, 2.75) is 0 Å². The van der Waals surface area contributed by atoms with Crippen LogP contribution in [0.15, 0.2) is 65.8 Å². The second kappa shape index (κ2) is 7.75. The van der Waals surface area contributed by atoms with Gasteiger partial charge in [-0.25, -0.2) is 0 Å². The average Bonchev–Trinajstić information content (AvgIpc) is 3.19. The van der Waals surface area contributed by atoms with E-state index in [2.05, 4.69) is 38.1 Å². The van der Waals surface area contributed by atoms with Gasteiger partial charge < -0.3 is 14.8 Å². The molecule has 0 unspecified atom stereocenters. The molecule has 1 N–H and O–H groups in total. The molecule has 4 rings (SSSR count). The average molecular weight is 374 g/mol. The molecule has 4 aromatic rings. The lowest BCUT2D eigenvalue weighted by Gasteiger charge is -2.08. The zero-order chi connectivity index (χ0) is 19.3. The van der Waals surface area contributed by atoms with Gasteiger partial charge in [0.1, 0.15) is 11.5 Å². The molecule has 8 nitrogen and oxygen atoms in total. The topological polar surface area (TPSA) is 86.5 Å². The van der Waals surface area contributed by atoms with Crippen molar-refractivity contribution < 1.29 is 9.47 Å². The van der Waals surface area contributed by atoms with Gasteiger partial charge >= 0.3 is 0 Å². The summed E-state index contributed by atoms with van der Waals surface area (Å²) < 4.78 is 10.6. The molecule has 0 spiro atoms. The molecule has 1 heterocycles. The van der Waals surface area contributed by atoms with Crippen molar-refractivity contribution in [1.82, 2.24) is 20.3 Å². The summed E-state index contributed by atoms with van der Waals surface area (Å²) in [6.07, 6.45) is 1.63. The van der Waals surface area contributed by atoms with Crippen LogP contribution in [0.1, 0.15) is 5.56 Å². The first-order valence-corrected chi connectivity index (χ1v) is 8.58. The quantitative estimate of drug-likeness (QED) is 0.520. The van der Waals surface area contributed by atoms with E-state index in [-0.39, 0.29) is 0 Å². The molecule has 3 aromatic carbocycles. The van der Waals surface area contributed by atoms with Gasteiger partial charge in [0.25, 0.3) is 5.95 Å². The summed E-state index contributed by atoms with van der Waals surface area (Å²) >= 11 is 0. The predicted molar refractivity (Wildman–Crippen MR) is 108 cm³/mol. The van der Waals surface area contributed by atoms with Crippen LogP contribution in [-0.2, 0) is 0 Å². The minimum Gasteiger partial charge on any atom is -0.497 e. The van der Waals surface area contributed by atoms with Crippen molar-refractivity contribution >= 4 is 28.6 Å². The summed E-state index contributed by atoms with van der Waals surface area (Å²) in [5, 5.41) is 21.5. The number of methoxy groups -OCH3 is 2. The van der Waals surface area contributed by atoms with Crippen LogP contribution in [0.5, 0.6) is 11.5 Å². The zero-order valence-corrected chi connectivity index (χ0v) is 15.4. The molecule has 0 radical (unpaired) electrons. The largest absolute Gasteiger partial charge is 0.497 e. The molecule has 1 aromatic heterocycles. The maximum Gasteiger partial charge on any atom is 0.269 e. The number of rotatable bonds is 6. The third-order valence-corrected chi connectivity index (χ3v) is 4.24. The molecule has 140 valence electrons. The Morgan fingerprint density at radius 1 is 1.00 bits per heavy atom. The van der Waals surface area contributed by atoms with Crippen LogP contribution < -0.4 is 14.8 Å². The highest BCUT2D eigenvalue weighted by molar-refractivity contribution is 5.94. The van der Waals surface area contributed by atoms with E-state index >= 15 is 0 Å². The van der Waals surface area contributed by atoms with Gasteiger partial charge in [0.05, 0.1) is 20.4 Å². The number of nitrogens with zero attached hydrogens (tertiary/aromatic N) is 5. The van der Waals surface area contributed by atoms with Crippen molar-refractivity contribution in [3.8, 4) is 11.5 Å². The van der Waals surface area contributed by atoms with Crippen molar-refractivity contribution in [3.05, 3.63) is 66.2 Å². The summed E-state index contributed by atoms with van der Waals surface area (Å²) in [5.74, 6) is 1.74. The summed E-state index contributed by atoms with van der Waals surface area (Å²) in [5.41, 5.74) is 1.67. The van der Waals surface area contributed by atoms with Crippen molar-refractivity contribution in [3.63, 3.8) is 0 Å². The van der Waals surface area contributed by atoms with Crippen molar-refractivity contribution in [1.29, 1.82) is 0 Å². The van der Waals surface area contributed by atoms with E-state index in [1.807, 2.05) is 42.5 Å². The molecule has 8 heteroatoms. The molecule has 0 saturated carbocycles. The Hall–Kier alpha value is -3.94. The number of tetrazole rings is 1. The number of anilines is 2. The Labute approximate surface area is 161 Å². The Bertz CT molecular complexity index is 1130. The number of hydrogen-bond acceptors (Lipinski definition) is 7. The Kier molecular flexibility index (Phi) is 4.83. The highest BCUT2D eigenvalue weighted by Crippen LogP contribution is 2.26. The molecular weight excluding hydrogens is 356 g/mol. The van der Waals surface area contributed by atoms with Crippen LogP contribution in [0.2, 0.25) is 0 Å². The van der Waals surface area contributed by atoms with E-state index in [0.29, 0.717) is 17.4 Å². The SMILES string of the molecule is COc1ccc(C=Nn2nnnc2Nc2cccc3ccccc23)c(OC)c1. The molecule has 0 bridgehead atoms. The Morgan fingerprint density at radius 3 is 2.71 bits per heavy atom. The summed E-state index contributed by atoms with van der Waals surface area (Å²) in [7, 11) is 3.20. The summed E-state index contributed by atoms with van der Waals surface area (Å²) in [4.78, 5) is 1.32. The maximum absolute atomic E-state index is 5.38. The van der Waals surface area contributed by atoms with Crippen LogP contribution in [0.25, 0.3) is 10.8 Å². The minimum absolute atomic E-state index is 0.403. The van der Waals surface area contributed by atoms with E-state index in [0.717, 1.165) is 22.0 Å². The normalized spacial score (nSPS) is 11.1. The third-order valence-electron chi connectivity index (χ3n) is 4.24. The van der Waals surface area contributed by atoms with Gasteiger partial charge in [-0.3, -0.25) is 0 Å². The van der Waals surface area contributed by atoms with Crippen LogP contribution in [0.3, 0.4) is 0 Å². The number of benzene rings is 3. The second-order valence-electron chi connectivity index (χ2n) is 5.90. The van der Waals surface area contributed by atoms with E-state index in [1.54, 1.807) is 26.5 Å². The molecule has 0 aliphatic rings. The summed E-state index contributed by atoms with van der Waals surface area (Å²) in [6, 6.07) is 19.6. The van der Waals surface area contributed by atoms with Crippen LogP contribution in [0.4, 0.5) is 11.6 Å². The zero-order valence-electron chi connectivity index (χ0n) is 15.4. The van der Waals surface area contributed by atoms with Crippen LogP contribution >= 0.6 is 0 Å². The molecule has 0 fully saturated rings. The first-order chi connectivity index (χ1) is 13.8. The van der Waals surface area contributed by atoms with E-state index in [9.17, 15) is 0 Å². The molecular formula is C20H18N6O2. The van der Waals surface area contributed by atoms with Gasteiger partial charge in [0, 0.05) is 22.7 Å². The van der Waals surface area contributed by atoms with Crippen LogP contribution in [0, 0.1) is 0 Å². The van der Waals surface area contributed by atoms with Gasteiger partial charge in [-0.1, -0.05) is 46.3 Å². The predicted octanol–water partition coefficient (Wildman–Crippen LogP) is 3.47. The van der Waals surface area contributed by atoms with Crippen molar-refractivity contribution in [2.75, 3.05) is 19.5 Å². The first kappa shape index (κ1) is 17.5. The second-order valence-corrected chi connectivity index (χ2v) is 5.90. The molecule has 0 amide bonds. The van der Waals surface area contributed by atoms with Gasteiger partial charge in [-0.15, -0.1) is 0 Å². The van der Waals surface area contributed by atoms with Crippen LogP contribution in [-0.4, -0.2) is 40.8 Å². The standard InChI is InChI=1S/C20H18N6O2/c1-27-16-11-10-15(19(12-16)28-2)13-21-26-20(23-24-25-26)22-18-9-5-7-14-6-3-4-8-17(14)18/h3-13H,1-2H3,(H,22,23,25). The van der Waals surface area contributed by atoms with Gasteiger partial charge in [0.15, 0.2) is 0 Å². The summed E-state index contributed by atoms with van der Waals surface area (Å²) in [6.45, 7) is 0. The molecule has 0 aliphatic heterocycles. The minimum atomic E-state index is 0.403. The molecule has 28 heavy (non-hydrogen) atoms. The molecule has 0 atom stereocenters. The fourth-order valence-corrected chi connectivity index (χ4v) is 2.83. The lowest BCUT2D eigenvalue weighted by atomic mass is 10.1. The van der Waals surface area contributed by atoms with Gasteiger partial charge in [-0.05, 0) is 34.0 Å². The van der Waals surface area contributed by atoms with E-state index in [4.69, 9.17) is 9.47 Å². The fourth-order valence-electron chi connectivity index (χ4n) is 2.83. The number of nitrogens with one attached hydrogen (secondary N) is 1. The number of hydrogen-bond donors (Lipinski definition) is 1. The highest BCUT2D eigenvalue weighted by atomic mass is 16.5. The Morgan fingerprint density at radius 2 is 1.86 bits per heavy atom. The Balaban J connectivity index is 1.62. The smallest absolute Gasteiger partial charge is 0.269 e. The van der Waals surface area contributed by atoms with Crippen molar-refractivity contribution in [2.24, 2.45) is 5.10 Å². The highest BCUT2D eigenvalue weighted by Gasteiger charge is 2.08. The number of fused-ring (bicyclic) bond motifs is 1. The monoisotopic (exact) mass is 374 g/mol. The fraction of sp³-hybridized carbons (Fsp3) is 0.100. The lowest BCUT2D eigenvalue weighted by Crippen LogP contribution is -2.02. The lowest BCUT2D eigenvalue weighted by molar-refractivity contribution is 0.394. The van der Waals surface area contributed by atoms with Gasteiger partial charge in [0.2, 0.25) is 0 Å². The van der Waals surface area contributed by atoms with E-state index < -0.39 is 0 Å². The maximum atomic E-state index is 5.38. The number of ether oxygens (including phenoxy) is 2. The van der Waals surface area contributed by atoms with E-state index in [1.165, 1.54) is 4.79 Å².